The monoisotopic (exact) mass is 178 g/mol. The maximum absolute atomic E-state index is 2.14. The molecular weight excluding hydrogens is 168 g/mol. The predicted octanol–water partition coefficient (Wildman–Crippen LogP) is -2.36. The molecule has 0 aliphatic carbocycles. The van der Waals surface area contributed by atoms with Crippen LogP contribution >= 0.6 is 11.8 Å². The van der Waals surface area contributed by atoms with Gasteiger partial charge in [-0.1, -0.05) is 0 Å². The molecule has 0 saturated carbocycles. The fraction of sp³-hybridized carbons (Fsp3) is 0.500. The van der Waals surface area contributed by atoms with Crippen LogP contribution in [0.5, 0.6) is 0 Å². The van der Waals surface area contributed by atoms with Crippen molar-refractivity contribution >= 4 is 11.8 Å². The minimum atomic E-state index is 0. The molecule has 4 heteroatoms. The standard InChI is InChI=1S/C6H11N2S.ClH/c1-7-3-4-8(5-7)6-9-2;/h3-5H,6H2,1-2H3;1H/q+1;/p-1. The maximum Gasteiger partial charge on any atom is 0.244 e. The van der Waals surface area contributed by atoms with Gasteiger partial charge in [0.25, 0.3) is 0 Å². The smallest absolute Gasteiger partial charge is 0.244 e. The van der Waals surface area contributed by atoms with Crippen molar-refractivity contribution in [3.8, 4) is 0 Å². The molecule has 0 radical (unpaired) electrons. The highest BCUT2D eigenvalue weighted by molar-refractivity contribution is 7.97. The molecule has 1 aromatic heterocycles. The van der Waals surface area contributed by atoms with Crippen molar-refractivity contribution in [1.29, 1.82) is 0 Å². The van der Waals surface area contributed by atoms with Crippen LogP contribution in [0.1, 0.15) is 0 Å². The first-order valence-corrected chi connectivity index (χ1v) is 4.22. The van der Waals surface area contributed by atoms with Crippen LogP contribution in [0.4, 0.5) is 0 Å². The first-order valence-electron chi connectivity index (χ1n) is 2.83. The third-order valence-corrected chi connectivity index (χ3v) is 1.66. The summed E-state index contributed by atoms with van der Waals surface area (Å²) in [5.41, 5.74) is 0. The fourth-order valence-corrected chi connectivity index (χ4v) is 1.18. The highest BCUT2D eigenvalue weighted by Gasteiger charge is 1.95. The lowest BCUT2D eigenvalue weighted by atomic mass is 10.9. The van der Waals surface area contributed by atoms with Gasteiger partial charge in [-0.2, -0.15) is 0 Å². The van der Waals surface area contributed by atoms with Gasteiger partial charge in [0.05, 0.1) is 7.05 Å². The second-order valence-corrected chi connectivity index (χ2v) is 2.85. The van der Waals surface area contributed by atoms with Crippen molar-refractivity contribution in [2.75, 3.05) is 6.26 Å². The predicted molar refractivity (Wildman–Crippen MR) is 39.1 cm³/mol. The Morgan fingerprint density at radius 1 is 1.60 bits per heavy atom. The number of nitrogens with zero attached hydrogens (tertiary/aromatic N) is 2. The van der Waals surface area contributed by atoms with Crippen LogP contribution in [0, 0.1) is 0 Å². The first-order chi connectivity index (χ1) is 4.33. The molecule has 0 fully saturated rings. The molecule has 1 aromatic rings. The quantitative estimate of drug-likeness (QED) is 0.461. The zero-order chi connectivity index (χ0) is 6.69. The van der Waals surface area contributed by atoms with Crippen molar-refractivity contribution < 1.29 is 17.0 Å². The summed E-state index contributed by atoms with van der Waals surface area (Å²) in [6.07, 6.45) is 8.27. The summed E-state index contributed by atoms with van der Waals surface area (Å²) in [5.74, 6) is 1.04. The molecule has 0 saturated heterocycles. The molecule has 10 heavy (non-hydrogen) atoms. The Morgan fingerprint density at radius 3 is 2.70 bits per heavy atom. The van der Waals surface area contributed by atoms with E-state index in [-0.39, 0.29) is 12.4 Å². The SMILES string of the molecule is CSCn1cc[n+](C)c1.[Cl-]. The van der Waals surface area contributed by atoms with E-state index < -0.39 is 0 Å². The normalized spacial score (nSPS) is 9.00. The van der Waals surface area contributed by atoms with Gasteiger partial charge in [-0.15, -0.1) is 11.8 Å². The molecule has 0 atom stereocenters. The molecule has 0 N–H and O–H groups in total. The van der Waals surface area contributed by atoms with Gasteiger partial charge < -0.3 is 12.4 Å². The Balaban J connectivity index is 0.000000810. The lowest BCUT2D eigenvalue weighted by molar-refractivity contribution is -0.670. The third-order valence-electron chi connectivity index (χ3n) is 1.10. The Morgan fingerprint density at radius 2 is 2.30 bits per heavy atom. The number of halogens is 1. The average molecular weight is 179 g/mol. The second-order valence-electron chi connectivity index (χ2n) is 2.01. The molecule has 0 aromatic carbocycles. The van der Waals surface area contributed by atoms with E-state index in [0.717, 1.165) is 5.88 Å². The number of hydrogen-bond acceptors (Lipinski definition) is 1. The molecule has 0 bridgehead atoms. The molecule has 1 heterocycles. The second kappa shape index (κ2) is 4.63. The van der Waals surface area contributed by atoms with Crippen LogP contribution < -0.4 is 17.0 Å². The van der Waals surface area contributed by atoms with E-state index in [1.807, 2.05) is 29.6 Å². The molecular formula is C6H11ClN2S. The van der Waals surface area contributed by atoms with E-state index >= 15 is 0 Å². The van der Waals surface area contributed by atoms with Crippen LogP contribution in [0.3, 0.4) is 0 Å². The lowest BCUT2D eigenvalue weighted by Gasteiger charge is -1.86. The summed E-state index contributed by atoms with van der Waals surface area (Å²) < 4.78 is 4.18. The number of imidazole rings is 1. The Bertz CT molecular complexity index is 188. The Hall–Kier alpha value is -0.150. The van der Waals surface area contributed by atoms with Gasteiger partial charge in [0.2, 0.25) is 6.33 Å². The minimum Gasteiger partial charge on any atom is -1.00 e. The minimum absolute atomic E-state index is 0. The molecule has 0 spiro atoms. The Labute approximate surface area is 71.7 Å². The van der Waals surface area contributed by atoms with E-state index in [2.05, 4.69) is 23.3 Å². The van der Waals surface area contributed by atoms with Crippen molar-refractivity contribution in [1.82, 2.24) is 4.57 Å². The molecule has 1 rings (SSSR count). The summed E-state index contributed by atoms with van der Waals surface area (Å²) in [6, 6.07) is 0. The number of aromatic nitrogens is 2. The molecule has 0 aliphatic heterocycles. The number of thioether (sulfide) groups is 1. The van der Waals surface area contributed by atoms with Crippen LogP contribution in [0.2, 0.25) is 0 Å². The summed E-state index contributed by atoms with van der Waals surface area (Å²) in [7, 11) is 2.02. The number of rotatable bonds is 2. The van der Waals surface area contributed by atoms with Crippen LogP contribution in [0.25, 0.3) is 0 Å². The average Bonchev–Trinajstić information content (AvgIpc) is 2.17. The molecule has 2 nitrogen and oxygen atoms in total. The van der Waals surface area contributed by atoms with Gasteiger partial charge in [0.15, 0.2) is 0 Å². The van der Waals surface area contributed by atoms with Gasteiger partial charge in [0.1, 0.15) is 18.3 Å². The van der Waals surface area contributed by atoms with Crippen LogP contribution in [0.15, 0.2) is 18.7 Å². The van der Waals surface area contributed by atoms with Gasteiger partial charge >= 0.3 is 0 Å². The number of hydrogen-bond donors (Lipinski definition) is 0. The molecule has 0 unspecified atom stereocenters. The maximum atomic E-state index is 2.14. The summed E-state index contributed by atoms with van der Waals surface area (Å²) in [6.45, 7) is 0. The van der Waals surface area contributed by atoms with E-state index in [9.17, 15) is 0 Å². The van der Waals surface area contributed by atoms with Gasteiger partial charge in [0, 0.05) is 0 Å². The fourth-order valence-electron chi connectivity index (χ4n) is 0.727. The van der Waals surface area contributed by atoms with E-state index in [1.165, 1.54) is 0 Å². The van der Waals surface area contributed by atoms with Gasteiger partial charge in [-0.3, -0.25) is 0 Å². The molecule has 0 aliphatic rings. The zero-order valence-corrected chi connectivity index (χ0v) is 7.69. The van der Waals surface area contributed by atoms with E-state index in [0.29, 0.717) is 0 Å². The lowest BCUT2D eigenvalue weighted by Crippen LogP contribution is -3.00. The van der Waals surface area contributed by atoms with Gasteiger partial charge in [-0.25, -0.2) is 9.13 Å². The van der Waals surface area contributed by atoms with E-state index in [1.54, 1.807) is 0 Å². The van der Waals surface area contributed by atoms with Crippen LogP contribution in [-0.2, 0) is 12.9 Å². The molecule has 0 amide bonds. The van der Waals surface area contributed by atoms with Crippen molar-refractivity contribution in [2.45, 2.75) is 5.88 Å². The van der Waals surface area contributed by atoms with Crippen molar-refractivity contribution in [3.05, 3.63) is 18.7 Å². The van der Waals surface area contributed by atoms with Crippen LogP contribution in [-0.4, -0.2) is 10.8 Å². The molecule has 58 valence electrons. The topological polar surface area (TPSA) is 8.81 Å². The van der Waals surface area contributed by atoms with Crippen molar-refractivity contribution in [2.24, 2.45) is 7.05 Å². The Kier molecular flexibility index (Phi) is 4.56. The third kappa shape index (κ3) is 2.62. The van der Waals surface area contributed by atoms with E-state index in [4.69, 9.17) is 0 Å². The summed E-state index contributed by atoms with van der Waals surface area (Å²) in [5, 5.41) is 0. The summed E-state index contributed by atoms with van der Waals surface area (Å²) in [4.78, 5) is 0. The van der Waals surface area contributed by atoms with Crippen molar-refractivity contribution in [3.63, 3.8) is 0 Å². The first kappa shape index (κ1) is 9.85. The largest absolute Gasteiger partial charge is 1.00 e. The summed E-state index contributed by atoms with van der Waals surface area (Å²) >= 11 is 1.82. The highest BCUT2D eigenvalue weighted by Crippen LogP contribution is 1.95. The zero-order valence-electron chi connectivity index (χ0n) is 6.12. The van der Waals surface area contributed by atoms with Gasteiger partial charge in [-0.05, 0) is 6.26 Å². The number of aryl methyl sites for hydroxylation is 1. The highest BCUT2D eigenvalue weighted by atomic mass is 35.5.